The van der Waals surface area contributed by atoms with Crippen LogP contribution in [0.2, 0.25) is 0 Å². The number of amides is 2. The molecule has 1 aromatic rings. The lowest BCUT2D eigenvalue weighted by atomic mass is 10.1. The fourth-order valence-corrected chi connectivity index (χ4v) is 2.64. The molecule has 0 bridgehead atoms. The van der Waals surface area contributed by atoms with Crippen LogP contribution in [0.4, 0.5) is 11.6 Å². The molecule has 0 saturated carbocycles. The molecule has 1 aromatic heterocycles. The molecule has 8 heteroatoms. The number of nitrogens with zero attached hydrogens (tertiary/aromatic N) is 4. The zero-order valence-electron chi connectivity index (χ0n) is 12.6. The summed E-state index contributed by atoms with van der Waals surface area (Å²) in [5.41, 5.74) is 0. The zero-order valence-corrected chi connectivity index (χ0v) is 12.6. The van der Waals surface area contributed by atoms with Crippen LogP contribution in [0, 0.1) is 0 Å². The molecule has 0 spiro atoms. The minimum atomic E-state index is -0.423. The first-order valence-electron chi connectivity index (χ1n) is 7.47. The van der Waals surface area contributed by atoms with E-state index in [1.807, 2.05) is 6.07 Å². The van der Waals surface area contributed by atoms with Crippen molar-refractivity contribution in [2.45, 2.75) is 18.9 Å². The SMILES string of the molecule is CN1CCN(c2cc(NC3CCC(=O)NC3=O)ncn2)CC1. The molecule has 1 unspecified atom stereocenters. The Morgan fingerprint density at radius 1 is 1.23 bits per heavy atom. The van der Waals surface area contributed by atoms with E-state index in [4.69, 9.17) is 0 Å². The van der Waals surface area contributed by atoms with Crippen molar-refractivity contribution in [2.24, 2.45) is 0 Å². The first-order valence-corrected chi connectivity index (χ1v) is 7.47. The zero-order chi connectivity index (χ0) is 15.5. The molecule has 118 valence electrons. The molecule has 2 amide bonds. The van der Waals surface area contributed by atoms with Crippen LogP contribution in [0.3, 0.4) is 0 Å². The molecular formula is C14H20N6O2. The molecular weight excluding hydrogens is 284 g/mol. The highest BCUT2D eigenvalue weighted by Gasteiger charge is 2.26. The number of imide groups is 1. The lowest BCUT2D eigenvalue weighted by Crippen LogP contribution is -2.47. The standard InChI is InChI=1S/C14H20N6O2/c1-19-4-6-20(7-5-19)12-8-11(15-9-16-12)17-10-2-3-13(21)18-14(10)22/h8-10H,2-7H2,1H3,(H,15,16,17)(H,18,21,22). The molecule has 3 rings (SSSR count). The summed E-state index contributed by atoms with van der Waals surface area (Å²) in [4.78, 5) is 35.9. The van der Waals surface area contributed by atoms with E-state index >= 15 is 0 Å². The van der Waals surface area contributed by atoms with Crippen molar-refractivity contribution >= 4 is 23.5 Å². The van der Waals surface area contributed by atoms with Crippen LogP contribution in [0.1, 0.15) is 12.8 Å². The van der Waals surface area contributed by atoms with Gasteiger partial charge in [0.15, 0.2) is 0 Å². The minimum absolute atomic E-state index is 0.219. The van der Waals surface area contributed by atoms with E-state index in [-0.39, 0.29) is 11.8 Å². The van der Waals surface area contributed by atoms with Gasteiger partial charge in [-0.1, -0.05) is 0 Å². The number of carbonyl (C=O) groups is 2. The van der Waals surface area contributed by atoms with Crippen LogP contribution in [0.25, 0.3) is 0 Å². The van der Waals surface area contributed by atoms with E-state index in [2.05, 4.69) is 37.4 Å². The van der Waals surface area contributed by atoms with E-state index in [0.717, 1.165) is 32.0 Å². The largest absolute Gasteiger partial charge is 0.358 e. The molecule has 1 atom stereocenters. The summed E-state index contributed by atoms with van der Waals surface area (Å²) >= 11 is 0. The Morgan fingerprint density at radius 3 is 2.73 bits per heavy atom. The van der Waals surface area contributed by atoms with Gasteiger partial charge in [-0.15, -0.1) is 0 Å². The maximum atomic E-state index is 11.8. The maximum Gasteiger partial charge on any atom is 0.249 e. The summed E-state index contributed by atoms with van der Waals surface area (Å²) in [5.74, 6) is 0.955. The smallest absolute Gasteiger partial charge is 0.249 e. The van der Waals surface area contributed by atoms with Gasteiger partial charge in [-0.3, -0.25) is 14.9 Å². The predicted octanol–water partition coefficient (Wildman–Crippen LogP) is -0.554. The van der Waals surface area contributed by atoms with Gasteiger partial charge in [-0.2, -0.15) is 0 Å². The number of nitrogens with one attached hydrogen (secondary N) is 2. The Balaban J connectivity index is 1.66. The van der Waals surface area contributed by atoms with E-state index in [1.54, 1.807) is 0 Å². The van der Waals surface area contributed by atoms with Crippen LogP contribution in [0.15, 0.2) is 12.4 Å². The number of anilines is 2. The quantitative estimate of drug-likeness (QED) is 0.724. The van der Waals surface area contributed by atoms with E-state index in [1.165, 1.54) is 6.33 Å². The lowest BCUT2D eigenvalue weighted by molar-refractivity contribution is -0.133. The van der Waals surface area contributed by atoms with Gasteiger partial charge in [0, 0.05) is 38.7 Å². The van der Waals surface area contributed by atoms with Gasteiger partial charge < -0.3 is 15.1 Å². The molecule has 0 aliphatic carbocycles. The Morgan fingerprint density at radius 2 is 2.00 bits per heavy atom. The van der Waals surface area contributed by atoms with Crippen molar-refractivity contribution in [3.05, 3.63) is 12.4 Å². The number of piperidine rings is 1. The van der Waals surface area contributed by atoms with E-state index in [0.29, 0.717) is 18.7 Å². The molecule has 2 aliphatic rings. The first-order chi connectivity index (χ1) is 10.6. The van der Waals surface area contributed by atoms with Crippen LogP contribution < -0.4 is 15.5 Å². The second-order valence-corrected chi connectivity index (χ2v) is 5.70. The molecule has 3 heterocycles. The minimum Gasteiger partial charge on any atom is -0.358 e. The van der Waals surface area contributed by atoms with Gasteiger partial charge in [0.1, 0.15) is 24.0 Å². The molecule has 2 saturated heterocycles. The third-order valence-electron chi connectivity index (χ3n) is 4.04. The number of carbonyl (C=O) groups excluding carboxylic acids is 2. The number of rotatable bonds is 3. The highest BCUT2D eigenvalue weighted by molar-refractivity contribution is 6.01. The molecule has 2 N–H and O–H groups in total. The van der Waals surface area contributed by atoms with Crippen molar-refractivity contribution in [3.8, 4) is 0 Å². The van der Waals surface area contributed by atoms with Crippen molar-refractivity contribution < 1.29 is 9.59 Å². The Kier molecular flexibility index (Phi) is 4.19. The summed E-state index contributed by atoms with van der Waals surface area (Å²) in [7, 11) is 2.10. The van der Waals surface area contributed by atoms with Crippen LogP contribution in [0.5, 0.6) is 0 Å². The molecule has 22 heavy (non-hydrogen) atoms. The number of hydrogen-bond donors (Lipinski definition) is 2. The van der Waals surface area contributed by atoms with Gasteiger partial charge >= 0.3 is 0 Å². The highest BCUT2D eigenvalue weighted by Crippen LogP contribution is 2.18. The lowest BCUT2D eigenvalue weighted by Gasteiger charge is -2.33. The first kappa shape index (κ1) is 14.7. The molecule has 0 aromatic carbocycles. The Labute approximate surface area is 128 Å². The summed E-state index contributed by atoms with van der Waals surface area (Å²) in [5, 5.41) is 5.42. The summed E-state index contributed by atoms with van der Waals surface area (Å²) < 4.78 is 0. The maximum absolute atomic E-state index is 11.8. The van der Waals surface area contributed by atoms with Gasteiger partial charge in [0.25, 0.3) is 0 Å². The predicted molar refractivity (Wildman–Crippen MR) is 81.5 cm³/mol. The highest BCUT2D eigenvalue weighted by atomic mass is 16.2. The van der Waals surface area contributed by atoms with Gasteiger partial charge in [-0.05, 0) is 13.5 Å². The number of aromatic nitrogens is 2. The van der Waals surface area contributed by atoms with Crippen molar-refractivity contribution in [1.29, 1.82) is 0 Å². The van der Waals surface area contributed by atoms with Crippen molar-refractivity contribution in [1.82, 2.24) is 20.2 Å². The van der Waals surface area contributed by atoms with Crippen LogP contribution in [-0.2, 0) is 9.59 Å². The summed E-state index contributed by atoms with van der Waals surface area (Å²) in [6, 6.07) is 1.43. The number of likely N-dealkylation sites (N-methyl/N-ethyl adjacent to an activating group) is 1. The summed E-state index contributed by atoms with van der Waals surface area (Å²) in [6.07, 6.45) is 2.33. The Hall–Kier alpha value is -2.22. The average molecular weight is 304 g/mol. The Bertz CT molecular complexity index is 570. The van der Waals surface area contributed by atoms with E-state index in [9.17, 15) is 9.59 Å². The third-order valence-corrected chi connectivity index (χ3v) is 4.04. The topological polar surface area (TPSA) is 90.5 Å². The van der Waals surface area contributed by atoms with Gasteiger partial charge in [0.05, 0.1) is 0 Å². The molecule has 8 nitrogen and oxygen atoms in total. The van der Waals surface area contributed by atoms with Gasteiger partial charge in [-0.25, -0.2) is 9.97 Å². The molecule has 2 aliphatic heterocycles. The molecule has 2 fully saturated rings. The van der Waals surface area contributed by atoms with E-state index < -0.39 is 6.04 Å². The van der Waals surface area contributed by atoms with Crippen LogP contribution >= 0.6 is 0 Å². The summed E-state index contributed by atoms with van der Waals surface area (Å²) in [6.45, 7) is 3.84. The fraction of sp³-hybridized carbons (Fsp3) is 0.571. The second kappa shape index (κ2) is 6.27. The van der Waals surface area contributed by atoms with Crippen LogP contribution in [-0.4, -0.2) is 66.0 Å². The second-order valence-electron chi connectivity index (χ2n) is 5.70. The van der Waals surface area contributed by atoms with Gasteiger partial charge in [0.2, 0.25) is 11.8 Å². The molecule has 0 radical (unpaired) electrons. The normalized spacial score (nSPS) is 23.3. The number of hydrogen-bond acceptors (Lipinski definition) is 7. The van der Waals surface area contributed by atoms with Crippen molar-refractivity contribution in [2.75, 3.05) is 43.4 Å². The number of piperazine rings is 1. The third kappa shape index (κ3) is 3.33. The monoisotopic (exact) mass is 304 g/mol. The fourth-order valence-electron chi connectivity index (χ4n) is 2.64. The van der Waals surface area contributed by atoms with Crippen molar-refractivity contribution in [3.63, 3.8) is 0 Å². The average Bonchev–Trinajstić information content (AvgIpc) is 2.51.